The lowest BCUT2D eigenvalue weighted by Crippen LogP contribution is -2.39. The summed E-state index contributed by atoms with van der Waals surface area (Å²) in [6.07, 6.45) is 1.22. The summed E-state index contributed by atoms with van der Waals surface area (Å²) in [5.74, 6) is -0.591. The molecule has 1 N–H and O–H groups in total. The zero-order chi connectivity index (χ0) is 25.4. The largest absolute Gasteiger partial charge is 0.490 e. The second kappa shape index (κ2) is 11.7. The van der Waals surface area contributed by atoms with E-state index in [1.54, 1.807) is 36.4 Å². The van der Waals surface area contributed by atoms with Gasteiger partial charge in [0.2, 0.25) is 10.0 Å². The van der Waals surface area contributed by atoms with Crippen molar-refractivity contribution in [3.63, 3.8) is 0 Å². The monoisotopic (exact) mass is 560 g/mol. The Kier molecular flexibility index (Phi) is 8.68. The van der Waals surface area contributed by atoms with Crippen molar-refractivity contribution in [2.24, 2.45) is 5.10 Å². The second-order valence-electron chi connectivity index (χ2n) is 7.19. The van der Waals surface area contributed by atoms with Gasteiger partial charge in [0.1, 0.15) is 0 Å². The number of sulfonamides is 1. The number of hydrazone groups is 1. The molecule has 0 saturated carbocycles. The molecule has 0 atom stereocenters. The van der Waals surface area contributed by atoms with Crippen molar-refractivity contribution in [1.29, 1.82) is 0 Å². The first kappa shape index (κ1) is 26.0. The Morgan fingerprint density at radius 2 is 1.83 bits per heavy atom. The number of hydrogen-bond donors (Lipinski definition) is 1. The number of nitrogens with zero attached hydrogens (tertiary/aromatic N) is 3. The van der Waals surface area contributed by atoms with Crippen LogP contribution in [0.1, 0.15) is 11.1 Å². The molecule has 0 fully saturated rings. The number of nitro benzene ring substituents is 1. The maximum Gasteiger partial charge on any atom is 0.311 e. The van der Waals surface area contributed by atoms with Crippen LogP contribution in [0, 0.1) is 10.1 Å². The Morgan fingerprint density at radius 3 is 2.46 bits per heavy atom. The SMILES string of the molecule is COc1ccc(/C=N\NC(=O)CN(Cc2ccccc2)S(=O)(=O)c2ccc(Br)cc2)cc1[N+](=O)[O-]. The summed E-state index contributed by atoms with van der Waals surface area (Å²) >= 11 is 3.28. The lowest BCUT2D eigenvalue weighted by atomic mass is 10.2. The van der Waals surface area contributed by atoms with Gasteiger partial charge in [-0.3, -0.25) is 14.9 Å². The first-order valence-corrected chi connectivity index (χ1v) is 12.4. The lowest BCUT2D eigenvalue weighted by molar-refractivity contribution is -0.385. The van der Waals surface area contributed by atoms with E-state index < -0.39 is 27.4 Å². The standard InChI is InChI=1S/C23H21BrN4O6S/c1-34-22-12-7-18(13-21(22)28(30)31)14-25-26-23(29)16-27(15-17-5-3-2-4-6-17)35(32,33)20-10-8-19(24)9-11-20/h2-14H,15-16H2,1H3,(H,26,29)/b25-14-. The molecule has 182 valence electrons. The molecule has 3 rings (SSSR count). The molecule has 12 heteroatoms. The number of ether oxygens (including phenoxy) is 1. The minimum atomic E-state index is -4.00. The fourth-order valence-electron chi connectivity index (χ4n) is 3.07. The summed E-state index contributed by atoms with van der Waals surface area (Å²) in [4.78, 5) is 23.2. The van der Waals surface area contributed by atoms with Crippen LogP contribution in [0.4, 0.5) is 5.69 Å². The molecular formula is C23H21BrN4O6S. The van der Waals surface area contributed by atoms with Gasteiger partial charge in [-0.05, 0) is 42.0 Å². The van der Waals surface area contributed by atoms with Gasteiger partial charge < -0.3 is 4.74 Å². The van der Waals surface area contributed by atoms with E-state index in [0.29, 0.717) is 11.1 Å². The maximum atomic E-state index is 13.3. The highest BCUT2D eigenvalue weighted by molar-refractivity contribution is 9.10. The molecule has 0 bridgehead atoms. The van der Waals surface area contributed by atoms with Crippen LogP contribution in [-0.4, -0.2) is 43.4 Å². The van der Waals surface area contributed by atoms with Gasteiger partial charge in [-0.2, -0.15) is 9.41 Å². The quantitative estimate of drug-likeness (QED) is 0.228. The van der Waals surface area contributed by atoms with Crippen LogP contribution in [0.2, 0.25) is 0 Å². The van der Waals surface area contributed by atoms with Crippen molar-refractivity contribution in [1.82, 2.24) is 9.73 Å². The summed E-state index contributed by atoms with van der Waals surface area (Å²) in [6, 6.07) is 19.2. The van der Waals surface area contributed by atoms with Crippen LogP contribution in [0.5, 0.6) is 5.75 Å². The van der Waals surface area contributed by atoms with Gasteiger partial charge in [0.25, 0.3) is 5.91 Å². The number of carbonyl (C=O) groups is 1. The third kappa shape index (κ3) is 6.94. The van der Waals surface area contributed by atoms with E-state index in [1.807, 2.05) is 6.07 Å². The molecule has 0 aromatic heterocycles. The molecule has 10 nitrogen and oxygen atoms in total. The summed E-state index contributed by atoms with van der Waals surface area (Å²) < 4.78 is 33.2. The van der Waals surface area contributed by atoms with E-state index >= 15 is 0 Å². The first-order chi connectivity index (χ1) is 16.7. The molecule has 1 amide bonds. The number of halogens is 1. The molecule has 0 aliphatic heterocycles. The van der Waals surface area contributed by atoms with Crippen molar-refractivity contribution in [3.05, 3.63) is 98.5 Å². The fourth-order valence-corrected chi connectivity index (χ4v) is 4.72. The molecule has 3 aromatic rings. The average Bonchev–Trinajstić information content (AvgIpc) is 2.84. The molecule has 0 heterocycles. The van der Waals surface area contributed by atoms with Crippen molar-refractivity contribution in [2.45, 2.75) is 11.4 Å². The van der Waals surface area contributed by atoms with Crippen molar-refractivity contribution >= 4 is 43.8 Å². The van der Waals surface area contributed by atoms with Crippen LogP contribution in [0.15, 0.2) is 87.3 Å². The Labute approximate surface area is 210 Å². The molecule has 35 heavy (non-hydrogen) atoms. The summed E-state index contributed by atoms with van der Waals surface area (Å²) in [5, 5.41) is 15.0. The van der Waals surface area contributed by atoms with Crippen LogP contribution in [0.25, 0.3) is 0 Å². The highest BCUT2D eigenvalue weighted by Crippen LogP contribution is 2.27. The van der Waals surface area contributed by atoms with E-state index in [-0.39, 0.29) is 22.9 Å². The molecule has 0 saturated heterocycles. The summed E-state index contributed by atoms with van der Waals surface area (Å²) in [6.45, 7) is -0.519. The molecule has 0 unspecified atom stereocenters. The predicted octanol–water partition coefficient (Wildman–Crippen LogP) is 3.71. The van der Waals surface area contributed by atoms with E-state index in [0.717, 1.165) is 8.78 Å². The third-order valence-electron chi connectivity index (χ3n) is 4.78. The Bertz CT molecular complexity index is 1330. The zero-order valence-electron chi connectivity index (χ0n) is 18.5. The molecule has 0 aliphatic carbocycles. The van der Waals surface area contributed by atoms with Crippen molar-refractivity contribution < 1.29 is 22.9 Å². The number of rotatable bonds is 10. The Hall–Kier alpha value is -3.61. The average molecular weight is 561 g/mol. The summed E-state index contributed by atoms with van der Waals surface area (Å²) in [7, 11) is -2.68. The predicted molar refractivity (Wildman–Crippen MR) is 134 cm³/mol. The van der Waals surface area contributed by atoms with Crippen LogP contribution >= 0.6 is 15.9 Å². The number of nitrogens with one attached hydrogen (secondary N) is 1. The minimum Gasteiger partial charge on any atom is -0.490 e. The van der Waals surface area contributed by atoms with Gasteiger partial charge in [0.15, 0.2) is 5.75 Å². The molecule has 0 aliphatic rings. The number of nitro groups is 1. The second-order valence-corrected chi connectivity index (χ2v) is 10.0. The smallest absolute Gasteiger partial charge is 0.311 e. The van der Waals surface area contributed by atoms with Gasteiger partial charge in [0, 0.05) is 22.6 Å². The van der Waals surface area contributed by atoms with Gasteiger partial charge in [0.05, 0.1) is 29.7 Å². The maximum absolute atomic E-state index is 13.3. The molecule has 3 aromatic carbocycles. The molecule has 0 radical (unpaired) electrons. The van der Waals surface area contributed by atoms with Crippen molar-refractivity contribution in [2.75, 3.05) is 13.7 Å². The highest BCUT2D eigenvalue weighted by Gasteiger charge is 2.27. The van der Waals surface area contributed by atoms with Gasteiger partial charge in [-0.25, -0.2) is 13.8 Å². The van der Waals surface area contributed by atoms with Gasteiger partial charge >= 0.3 is 5.69 Å². The number of carbonyl (C=O) groups excluding carboxylic acids is 1. The van der Waals surface area contributed by atoms with E-state index in [9.17, 15) is 23.3 Å². The van der Waals surface area contributed by atoms with Crippen LogP contribution in [0.3, 0.4) is 0 Å². The van der Waals surface area contributed by atoms with E-state index in [4.69, 9.17) is 4.74 Å². The fraction of sp³-hybridized carbons (Fsp3) is 0.130. The third-order valence-corrected chi connectivity index (χ3v) is 7.11. The molecule has 0 spiro atoms. The van der Waals surface area contributed by atoms with Gasteiger partial charge in [-0.1, -0.05) is 46.3 Å². The normalized spacial score (nSPS) is 11.5. The van der Waals surface area contributed by atoms with Gasteiger partial charge in [-0.15, -0.1) is 0 Å². The van der Waals surface area contributed by atoms with E-state index in [2.05, 4.69) is 26.5 Å². The Balaban J connectivity index is 1.77. The minimum absolute atomic E-state index is 0.0267. The number of methoxy groups -OCH3 is 1. The van der Waals surface area contributed by atoms with E-state index in [1.165, 1.54) is 43.7 Å². The topological polar surface area (TPSA) is 131 Å². The number of hydrogen-bond acceptors (Lipinski definition) is 7. The van der Waals surface area contributed by atoms with Crippen LogP contribution < -0.4 is 10.2 Å². The Morgan fingerprint density at radius 1 is 1.14 bits per heavy atom. The van der Waals surface area contributed by atoms with Crippen LogP contribution in [-0.2, 0) is 21.4 Å². The molecular weight excluding hydrogens is 540 g/mol. The highest BCUT2D eigenvalue weighted by atomic mass is 79.9. The van der Waals surface area contributed by atoms with Crippen molar-refractivity contribution in [3.8, 4) is 5.75 Å². The zero-order valence-corrected chi connectivity index (χ0v) is 20.9. The summed E-state index contributed by atoms with van der Waals surface area (Å²) in [5.41, 5.74) is 3.07. The lowest BCUT2D eigenvalue weighted by Gasteiger charge is -2.21. The number of amides is 1. The first-order valence-electron chi connectivity index (χ1n) is 10.1. The number of benzene rings is 3.